The molecule has 0 saturated carbocycles. The van der Waals surface area contributed by atoms with Gasteiger partial charge < -0.3 is 4.74 Å². The molecule has 0 radical (unpaired) electrons. The van der Waals surface area contributed by atoms with Crippen LogP contribution in [-0.2, 0) is 20.3 Å². The molecule has 0 aromatic heterocycles. The number of benzene rings is 1. The normalized spacial score (nSPS) is 19.3. The lowest BCUT2D eigenvalue weighted by atomic mass is 10.1. The molecule has 102 valence electrons. The molecule has 1 saturated heterocycles. The van der Waals surface area contributed by atoms with Gasteiger partial charge in [0.1, 0.15) is 11.9 Å². The molecule has 1 aromatic rings. The van der Waals surface area contributed by atoms with Crippen molar-refractivity contribution in [2.45, 2.75) is 24.7 Å². The fourth-order valence-electron chi connectivity index (χ4n) is 2.13. The van der Waals surface area contributed by atoms with Gasteiger partial charge in [0.2, 0.25) is 0 Å². The highest BCUT2D eigenvalue weighted by molar-refractivity contribution is 7.90. The number of halogens is 1. The van der Waals surface area contributed by atoms with Gasteiger partial charge in [0.05, 0.1) is 23.2 Å². The molecule has 0 aliphatic carbocycles. The van der Waals surface area contributed by atoms with E-state index in [1.807, 2.05) is 0 Å². The zero-order chi connectivity index (χ0) is 13.9. The smallest absolute Gasteiger partial charge is 0.157 e. The molecule has 1 heterocycles. The van der Waals surface area contributed by atoms with Gasteiger partial charge in [0.25, 0.3) is 0 Å². The van der Waals surface area contributed by atoms with Crippen LogP contribution in [0.15, 0.2) is 18.2 Å². The molecule has 19 heavy (non-hydrogen) atoms. The average Bonchev–Trinajstić information content (AvgIpc) is 2.83. The summed E-state index contributed by atoms with van der Waals surface area (Å²) in [6, 6.07) is 5.90. The maximum Gasteiger partial charge on any atom is 0.157 e. The van der Waals surface area contributed by atoms with Crippen molar-refractivity contribution in [2.24, 2.45) is 0 Å². The van der Waals surface area contributed by atoms with E-state index in [-0.39, 0.29) is 23.0 Å². The van der Waals surface area contributed by atoms with E-state index in [9.17, 15) is 12.8 Å². The maximum absolute atomic E-state index is 13.8. The predicted molar refractivity (Wildman–Crippen MR) is 67.6 cm³/mol. The number of hydrogen-bond donors (Lipinski definition) is 0. The first-order valence-electron chi connectivity index (χ1n) is 6.01. The van der Waals surface area contributed by atoms with Gasteiger partial charge in [-0.05, 0) is 18.9 Å². The predicted octanol–water partition coefficient (Wildman–Crippen LogP) is 1.79. The molecule has 4 nitrogen and oxygen atoms in total. The first kappa shape index (κ1) is 14.0. The number of hydrogen-bond acceptors (Lipinski definition) is 4. The molecule has 2 rings (SSSR count). The third-order valence-electron chi connectivity index (χ3n) is 3.04. The lowest BCUT2D eigenvalue weighted by Crippen LogP contribution is -2.21. The lowest BCUT2D eigenvalue weighted by Gasteiger charge is -2.10. The number of sulfone groups is 1. The third-order valence-corrected chi connectivity index (χ3v) is 4.67. The Balaban J connectivity index is 2.14. The quantitative estimate of drug-likeness (QED) is 0.845. The minimum atomic E-state index is -3.44. The zero-order valence-corrected chi connectivity index (χ0v) is 11.1. The molecular formula is C13H14FNO3S. The van der Waals surface area contributed by atoms with Crippen molar-refractivity contribution in [1.29, 1.82) is 5.26 Å². The van der Waals surface area contributed by atoms with Crippen molar-refractivity contribution in [1.82, 2.24) is 0 Å². The minimum absolute atomic E-state index is 0.0389. The van der Waals surface area contributed by atoms with Crippen LogP contribution in [0.4, 0.5) is 4.39 Å². The summed E-state index contributed by atoms with van der Waals surface area (Å²) < 4.78 is 43.0. The highest BCUT2D eigenvalue weighted by Crippen LogP contribution is 2.19. The third kappa shape index (κ3) is 3.52. The molecule has 1 fully saturated rings. The van der Waals surface area contributed by atoms with Gasteiger partial charge in [-0.3, -0.25) is 0 Å². The summed E-state index contributed by atoms with van der Waals surface area (Å²) in [5.41, 5.74) is -0.0955. The van der Waals surface area contributed by atoms with E-state index >= 15 is 0 Å². The van der Waals surface area contributed by atoms with Crippen LogP contribution < -0.4 is 0 Å². The van der Waals surface area contributed by atoms with Gasteiger partial charge in [-0.2, -0.15) is 5.26 Å². The van der Waals surface area contributed by atoms with E-state index in [1.165, 1.54) is 18.2 Å². The topological polar surface area (TPSA) is 67.2 Å². The fraction of sp³-hybridized carbons (Fsp3) is 0.462. The van der Waals surface area contributed by atoms with Gasteiger partial charge in [0.15, 0.2) is 9.84 Å². The Hall–Kier alpha value is -1.45. The average molecular weight is 283 g/mol. The Morgan fingerprint density at radius 3 is 2.89 bits per heavy atom. The van der Waals surface area contributed by atoms with E-state index in [0.717, 1.165) is 12.8 Å². The number of nitrogens with zero attached hydrogens (tertiary/aromatic N) is 1. The fourth-order valence-corrected chi connectivity index (χ4v) is 3.78. The highest BCUT2D eigenvalue weighted by atomic mass is 32.2. The van der Waals surface area contributed by atoms with Gasteiger partial charge in [-0.1, -0.05) is 12.1 Å². The molecule has 0 N–H and O–H groups in total. The molecule has 1 aliphatic heterocycles. The molecule has 0 bridgehead atoms. The van der Waals surface area contributed by atoms with Gasteiger partial charge >= 0.3 is 0 Å². The number of rotatable bonds is 4. The highest BCUT2D eigenvalue weighted by Gasteiger charge is 2.24. The maximum atomic E-state index is 13.8. The first-order chi connectivity index (χ1) is 9.02. The number of ether oxygens (including phenoxy) is 1. The van der Waals surface area contributed by atoms with Gasteiger partial charge in [0, 0.05) is 12.2 Å². The second-order valence-electron chi connectivity index (χ2n) is 4.58. The largest absolute Gasteiger partial charge is 0.377 e. The van der Waals surface area contributed by atoms with Crippen LogP contribution >= 0.6 is 0 Å². The van der Waals surface area contributed by atoms with Crippen LogP contribution in [0.1, 0.15) is 24.0 Å². The molecule has 6 heteroatoms. The Labute approximate surface area is 111 Å². The van der Waals surface area contributed by atoms with Crippen molar-refractivity contribution in [3.63, 3.8) is 0 Å². The van der Waals surface area contributed by atoms with Crippen LogP contribution in [-0.4, -0.2) is 26.9 Å². The van der Waals surface area contributed by atoms with E-state index < -0.39 is 21.4 Å². The molecule has 0 amide bonds. The van der Waals surface area contributed by atoms with Crippen LogP contribution in [0.5, 0.6) is 0 Å². The van der Waals surface area contributed by atoms with Gasteiger partial charge in [-0.15, -0.1) is 0 Å². The van der Waals surface area contributed by atoms with E-state index in [4.69, 9.17) is 10.00 Å². The summed E-state index contributed by atoms with van der Waals surface area (Å²) in [7, 11) is -3.44. The van der Waals surface area contributed by atoms with Crippen LogP contribution in [0.3, 0.4) is 0 Å². The van der Waals surface area contributed by atoms with Crippen molar-refractivity contribution in [3.8, 4) is 6.07 Å². The molecule has 0 spiro atoms. The van der Waals surface area contributed by atoms with Crippen LogP contribution in [0.25, 0.3) is 0 Å². The summed E-state index contributed by atoms with van der Waals surface area (Å²) in [5, 5.41) is 8.71. The molecule has 1 aromatic carbocycles. The molecular weight excluding hydrogens is 269 g/mol. The molecule has 1 atom stereocenters. The minimum Gasteiger partial charge on any atom is -0.377 e. The van der Waals surface area contributed by atoms with Crippen molar-refractivity contribution in [2.75, 3.05) is 12.4 Å². The Bertz CT molecular complexity index is 601. The second kappa shape index (κ2) is 5.68. The molecule has 1 unspecified atom stereocenters. The summed E-state index contributed by atoms with van der Waals surface area (Å²) in [5.74, 6) is -1.24. The van der Waals surface area contributed by atoms with Crippen molar-refractivity contribution < 1.29 is 17.5 Å². The Morgan fingerprint density at radius 2 is 2.26 bits per heavy atom. The van der Waals surface area contributed by atoms with Crippen molar-refractivity contribution >= 4 is 9.84 Å². The van der Waals surface area contributed by atoms with Crippen LogP contribution in [0, 0.1) is 17.1 Å². The summed E-state index contributed by atoms with van der Waals surface area (Å²) in [6.07, 6.45) is 1.30. The SMILES string of the molecule is N#Cc1cccc(CS(=O)(=O)CC2CCCO2)c1F. The van der Waals surface area contributed by atoms with E-state index in [0.29, 0.717) is 6.61 Å². The zero-order valence-electron chi connectivity index (χ0n) is 10.3. The molecule has 1 aliphatic rings. The first-order valence-corrected chi connectivity index (χ1v) is 7.83. The summed E-state index contributed by atoms with van der Waals surface area (Å²) in [6.45, 7) is 0.582. The summed E-state index contributed by atoms with van der Waals surface area (Å²) >= 11 is 0. The standard InChI is InChI=1S/C13H14FNO3S/c14-13-10(7-15)3-1-4-11(13)8-19(16,17)9-12-5-2-6-18-12/h1,3-4,12H,2,5-6,8-9H2. The Morgan fingerprint density at radius 1 is 1.47 bits per heavy atom. The number of nitriles is 1. The van der Waals surface area contributed by atoms with E-state index in [2.05, 4.69) is 0 Å². The second-order valence-corrected chi connectivity index (χ2v) is 6.69. The summed E-state index contributed by atoms with van der Waals surface area (Å²) in [4.78, 5) is 0. The van der Waals surface area contributed by atoms with E-state index in [1.54, 1.807) is 6.07 Å². The van der Waals surface area contributed by atoms with Crippen molar-refractivity contribution in [3.05, 3.63) is 35.1 Å². The van der Waals surface area contributed by atoms with Crippen LogP contribution in [0.2, 0.25) is 0 Å². The monoisotopic (exact) mass is 283 g/mol. The Kier molecular flexibility index (Phi) is 4.17. The lowest BCUT2D eigenvalue weighted by molar-refractivity contribution is 0.127. The van der Waals surface area contributed by atoms with Gasteiger partial charge in [-0.25, -0.2) is 12.8 Å².